The van der Waals surface area contributed by atoms with Gasteiger partial charge in [-0.15, -0.1) is 12.4 Å². The molecule has 0 aliphatic carbocycles. The number of hydrogen-bond acceptors (Lipinski definition) is 2. The highest BCUT2D eigenvalue weighted by Crippen LogP contribution is 2.17. The Hall–Kier alpha value is -0.510. The number of anilines is 1. The molecule has 0 bridgehead atoms. The molecule has 0 radical (unpaired) electrons. The molecule has 1 rings (SSSR count). The highest BCUT2D eigenvalue weighted by Gasteiger charge is 1.98. The van der Waals surface area contributed by atoms with Gasteiger partial charge < -0.3 is 5.43 Å². The van der Waals surface area contributed by atoms with E-state index in [9.17, 15) is 4.39 Å². The highest BCUT2D eigenvalue weighted by atomic mass is 35.5. The Morgan fingerprint density at radius 2 is 2.09 bits per heavy atom. The van der Waals surface area contributed by atoms with Crippen LogP contribution in [0, 0.1) is 5.82 Å². The van der Waals surface area contributed by atoms with Crippen molar-refractivity contribution < 1.29 is 4.39 Å². The lowest BCUT2D eigenvalue weighted by molar-refractivity contribution is 0.631. The van der Waals surface area contributed by atoms with Gasteiger partial charge in [-0.2, -0.15) is 0 Å². The minimum absolute atomic E-state index is 0. The summed E-state index contributed by atoms with van der Waals surface area (Å²) < 4.78 is 12.6. The average molecular weight is 197 g/mol. The standard InChI is InChI=1S/C6H6ClFN2.ClH/c7-4-1-2-6(10-9)5(8)3-4;/h1-3,10H,9H2;1H. The molecule has 2 nitrogen and oxygen atoms in total. The van der Waals surface area contributed by atoms with Crippen LogP contribution in [-0.4, -0.2) is 0 Å². The minimum atomic E-state index is -0.449. The average Bonchev–Trinajstić information content (AvgIpc) is 1.88. The number of hydrogen-bond donors (Lipinski definition) is 2. The van der Waals surface area contributed by atoms with Crippen LogP contribution in [0.4, 0.5) is 10.1 Å². The maximum atomic E-state index is 12.6. The lowest BCUT2D eigenvalue weighted by atomic mass is 10.3. The first-order chi connectivity index (χ1) is 4.74. The summed E-state index contributed by atoms with van der Waals surface area (Å²) in [6.07, 6.45) is 0. The largest absolute Gasteiger partial charge is 0.321 e. The number of halogens is 3. The first-order valence-corrected chi connectivity index (χ1v) is 3.03. The van der Waals surface area contributed by atoms with Crippen molar-refractivity contribution in [3.8, 4) is 0 Å². The first kappa shape index (κ1) is 10.5. The molecule has 0 aliphatic rings. The fraction of sp³-hybridized carbons (Fsp3) is 0. The van der Waals surface area contributed by atoms with Gasteiger partial charge in [-0.3, -0.25) is 5.84 Å². The van der Waals surface area contributed by atoms with Gasteiger partial charge in [-0.05, 0) is 18.2 Å². The van der Waals surface area contributed by atoms with Gasteiger partial charge >= 0.3 is 0 Å². The van der Waals surface area contributed by atoms with Gasteiger partial charge in [0.25, 0.3) is 0 Å². The summed E-state index contributed by atoms with van der Waals surface area (Å²) in [4.78, 5) is 0. The molecule has 0 spiro atoms. The van der Waals surface area contributed by atoms with Crippen molar-refractivity contribution in [1.82, 2.24) is 0 Å². The summed E-state index contributed by atoms with van der Waals surface area (Å²) in [7, 11) is 0. The predicted octanol–water partition coefficient (Wildman–Crippen LogP) is 2.19. The molecular formula is C6H7Cl2FN2. The molecule has 5 heteroatoms. The van der Waals surface area contributed by atoms with Crippen LogP contribution >= 0.6 is 24.0 Å². The van der Waals surface area contributed by atoms with Crippen LogP contribution in [0.15, 0.2) is 18.2 Å². The molecule has 0 aromatic heterocycles. The molecule has 0 saturated heterocycles. The number of nitrogens with two attached hydrogens (primary N) is 1. The fourth-order valence-corrected chi connectivity index (χ4v) is 0.765. The zero-order chi connectivity index (χ0) is 7.56. The Kier molecular flexibility index (Phi) is 4.18. The fourth-order valence-electron chi connectivity index (χ4n) is 0.607. The Morgan fingerprint density at radius 3 is 2.55 bits per heavy atom. The van der Waals surface area contributed by atoms with Gasteiger partial charge in [-0.25, -0.2) is 4.39 Å². The summed E-state index contributed by atoms with van der Waals surface area (Å²) in [5.41, 5.74) is 2.43. The quantitative estimate of drug-likeness (QED) is 0.534. The molecular weight excluding hydrogens is 190 g/mol. The van der Waals surface area contributed by atoms with Crippen LogP contribution < -0.4 is 11.3 Å². The summed E-state index contributed by atoms with van der Waals surface area (Å²) >= 11 is 5.47. The zero-order valence-corrected chi connectivity index (χ0v) is 7.05. The van der Waals surface area contributed by atoms with E-state index < -0.39 is 5.82 Å². The third-order valence-corrected chi connectivity index (χ3v) is 1.32. The van der Waals surface area contributed by atoms with Crippen molar-refractivity contribution in [3.05, 3.63) is 29.0 Å². The second-order valence-electron chi connectivity index (χ2n) is 1.77. The molecule has 3 N–H and O–H groups in total. The summed E-state index contributed by atoms with van der Waals surface area (Å²) in [5.74, 6) is 4.52. The van der Waals surface area contributed by atoms with Crippen LogP contribution in [0.1, 0.15) is 0 Å². The van der Waals surface area contributed by atoms with Crippen molar-refractivity contribution in [1.29, 1.82) is 0 Å². The van der Waals surface area contributed by atoms with Gasteiger partial charge in [0.15, 0.2) is 0 Å². The number of hydrazine groups is 1. The van der Waals surface area contributed by atoms with E-state index in [-0.39, 0.29) is 18.1 Å². The van der Waals surface area contributed by atoms with E-state index in [1.807, 2.05) is 0 Å². The Morgan fingerprint density at radius 1 is 1.45 bits per heavy atom. The van der Waals surface area contributed by atoms with Crippen LogP contribution in [-0.2, 0) is 0 Å². The van der Waals surface area contributed by atoms with E-state index in [0.717, 1.165) is 0 Å². The molecule has 62 valence electrons. The molecule has 0 heterocycles. The number of benzene rings is 1. The number of nitrogen functional groups attached to an aromatic ring is 1. The maximum Gasteiger partial charge on any atom is 0.149 e. The molecule has 0 fully saturated rings. The first-order valence-electron chi connectivity index (χ1n) is 2.65. The molecule has 0 amide bonds. The smallest absolute Gasteiger partial charge is 0.149 e. The Balaban J connectivity index is 0.000001000. The zero-order valence-electron chi connectivity index (χ0n) is 5.47. The molecule has 0 unspecified atom stereocenters. The van der Waals surface area contributed by atoms with E-state index in [4.69, 9.17) is 17.4 Å². The lowest BCUT2D eigenvalue weighted by Gasteiger charge is -1.99. The van der Waals surface area contributed by atoms with Crippen LogP contribution in [0.2, 0.25) is 5.02 Å². The summed E-state index contributed by atoms with van der Waals surface area (Å²) in [6, 6.07) is 4.22. The second kappa shape index (κ2) is 4.38. The van der Waals surface area contributed by atoms with Crippen molar-refractivity contribution in [3.63, 3.8) is 0 Å². The molecule has 0 saturated carbocycles. The summed E-state index contributed by atoms with van der Waals surface area (Å²) in [6.45, 7) is 0. The topological polar surface area (TPSA) is 38.0 Å². The van der Waals surface area contributed by atoms with E-state index >= 15 is 0 Å². The minimum Gasteiger partial charge on any atom is -0.321 e. The summed E-state index contributed by atoms with van der Waals surface area (Å²) in [5, 5.41) is 0.358. The van der Waals surface area contributed by atoms with Gasteiger partial charge in [0.2, 0.25) is 0 Å². The van der Waals surface area contributed by atoms with Gasteiger partial charge in [0.1, 0.15) is 5.82 Å². The van der Waals surface area contributed by atoms with Gasteiger partial charge in [0.05, 0.1) is 5.69 Å². The monoisotopic (exact) mass is 196 g/mol. The Bertz CT molecular complexity index is 242. The number of rotatable bonds is 1. The van der Waals surface area contributed by atoms with Crippen LogP contribution in [0.25, 0.3) is 0 Å². The van der Waals surface area contributed by atoms with Crippen molar-refractivity contribution in [2.24, 2.45) is 5.84 Å². The Labute approximate surface area is 74.9 Å². The lowest BCUT2D eigenvalue weighted by Crippen LogP contribution is -2.08. The molecule has 1 aromatic rings. The second-order valence-corrected chi connectivity index (χ2v) is 2.20. The van der Waals surface area contributed by atoms with E-state index in [2.05, 4.69) is 5.43 Å². The van der Waals surface area contributed by atoms with Crippen LogP contribution in [0.5, 0.6) is 0 Å². The highest BCUT2D eigenvalue weighted by molar-refractivity contribution is 6.30. The normalized spacial score (nSPS) is 8.64. The van der Waals surface area contributed by atoms with Crippen molar-refractivity contribution in [2.45, 2.75) is 0 Å². The van der Waals surface area contributed by atoms with E-state index in [1.165, 1.54) is 12.1 Å². The molecule has 1 aromatic carbocycles. The third-order valence-electron chi connectivity index (χ3n) is 1.09. The SMILES string of the molecule is Cl.NNc1ccc(Cl)cc1F. The predicted molar refractivity (Wildman–Crippen MR) is 46.5 cm³/mol. The third kappa shape index (κ3) is 2.54. The van der Waals surface area contributed by atoms with E-state index in [0.29, 0.717) is 5.02 Å². The molecule has 0 aliphatic heterocycles. The molecule has 11 heavy (non-hydrogen) atoms. The van der Waals surface area contributed by atoms with Crippen LogP contribution in [0.3, 0.4) is 0 Å². The van der Waals surface area contributed by atoms with E-state index in [1.54, 1.807) is 6.07 Å². The maximum absolute atomic E-state index is 12.6. The van der Waals surface area contributed by atoms with Gasteiger partial charge in [-0.1, -0.05) is 11.6 Å². The van der Waals surface area contributed by atoms with Crippen molar-refractivity contribution in [2.75, 3.05) is 5.43 Å². The van der Waals surface area contributed by atoms with Gasteiger partial charge in [0, 0.05) is 5.02 Å². The number of nitrogens with one attached hydrogen (secondary N) is 1. The van der Waals surface area contributed by atoms with Crippen molar-refractivity contribution >= 4 is 29.7 Å². The molecule has 0 atom stereocenters.